The van der Waals surface area contributed by atoms with Crippen molar-refractivity contribution in [1.29, 1.82) is 0 Å². The average molecular weight is 542 g/mol. The molecule has 0 bridgehead atoms. The molecule has 12 heteroatoms. The van der Waals surface area contributed by atoms with E-state index in [4.69, 9.17) is 9.47 Å². The number of ether oxygens (including phenoxy) is 2. The first-order valence-corrected chi connectivity index (χ1v) is 13.0. The summed E-state index contributed by atoms with van der Waals surface area (Å²) in [6.07, 6.45) is -1.27. The number of aromatic nitrogens is 2. The van der Waals surface area contributed by atoms with Gasteiger partial charge in [-0.15, -0.1) is 0 Å². The van der Waals surface area contributed by atoms with Crippen molar-refractivity contribution in [3.63, 3.8) is 0 Å². The highest BCUT2D eigenvalue weighted by atomic mass is 16.6. The number of amides is 3. The molecule has 2 atom stereocenters. The maximum atomic E-state index is 13.4. The summed E-state index contributed by atoms with van der Waals surface area (Å²) in [4.78, 5) is 62.1. The van der Waals surface area contributed by atoms with Crippen molar-refractivity contribution >= 4 is 23.9 Å². The third kappa shape index (κ3) is 8.21. The van der Waals surface area contributed by atoms with Crippen LogP contribution in [0.4, 0.5) is 4.79 Å². The van der Waals surface area contributed by atoms with Crippen LogP contribution in [0.5, 0.6) is 0 Å². The van der Waals surface area contributed by atoms with Gasteiger partial charge >= 0.3 is 12.1 Å². The Kier molecular flexibility index (Phi) is 10.7. The van der Waals surface area contributed by atoms with E-state index in [0.29, 0.717) is 23.7 Å². The Bertz CT molecular complexity index is 1150. The number of nitrogens with zero attached hydrogens (tertiary/aromatic N) is 4. The predicted molar refractivity (Wildman–Crippen MR) is 141 cm³/mol. The van der Waals surface area contributed by atoms with Crippen LogP contribution in [0.2, 0.25) is 0 Å². The summed E-state index contributed by atoms with van der Waals surface area (Å²) in [5, 5.41) is 11.9. The van der Waals surface area contributed by atoms with Crippen LogP contribution in [0.25, 0.3) is 11.4 Å². The zero-order valence-electron chi connectivity index (χ0n) is 22.5. The largest absolute Gasteiger partial charge is 0.481 e. The van der Waals surface area contributed by atoms with Crippen molar-refractivity contribution < 1.29 is 33.8 Å². The Hall–Kier alpha value is -4.06. The number of piperazine rings is 1. The van der Waals surface area contributed by atoms with Crippen LogP contribution in [0, 0.1) is 0 Å². The second-order valence-electron chi connectivity index (χ2n) is 8.93. The van der Waals surface area contributed by atoms with Crippen LogP contribution < -0.4 is 5.32 Å². The van der Waals surface area contributed by atoms with Crippen LogP contribution in [0.3, 0.4) is 0 Å². The zero-order valence-corrected chi connectivity index (χ0v) is 22.5. The molecule has 1 aromatic carbocycles. The molecule has 0 radical (unpaired) electrons. The third-order valence-corrected chi connectivity index (χ3v) is 6.21. The Morgan fingerprint density at radius 3 is 2.28 bits per heavy atom. The molecule has 2 heterocycles. The molecule has 210 valence electrons. The third-order valence-electron chi connectivity index (χ3n) is 6.21. The first-order valence-electron chi connectivity index (χ1n) is 13.0. The first kappa shape index (κ1) is 29.5. The minimum absolute atomic E-state index is 0.0330. The molecule has 2 unspecified atom stereocenters. The number of carbonyl (C=O) groups excluding carboxylic acids is 3. The minimum Gasteiger partial charge on any atom is -0.481 e. The number of carbonyl (C=O) groups is 4. The molecule has 1 aromatic heterocycles. The predicted octanol–water partition coefficient (Wildman–Crippen LogP) is 2.50. The van der Waals surface area contributed by atoms with Crippen molar-refractivity contribution in [3.05, 3.63) is 47.8 Å². The van der Waals surface area contributed by atoms with Crippen molar-refractivity contribution in [2.75, 3.05) is 39.4 Å². The van der Waals surface area contributed by atoms with Crippen LogP contribution in [-0.4, -0.2) is 94.2 Å². The molecule has 0 spiro atoms. The van der Waals surface area contributed by atoms with Crippen molar-refractivity contribution in [3.8, 4) is 11.4 Å². The fourth-order valence-electron chi connectivity index (χ4n) is 4.14. The maximum absolute atomic E-state index is 13.4. The summed E-state index contributed by atoms with van der Waals surface area (Å²) in [5.41, 5.74) is 1.24. The lowest BCUT2D eigenvalue weighted by Gasteiger charge is -2.35. The fraction of sp³-hybridized carbons (Fsp3) is 0.481. The number of carboxylic acids is 1. The monoisotopic (exact) mass is 541 g/mol. The van der Waals surface area contributed by atoms with Gasteiger partial charge in [0, 0.05) is 44.8 Å². The van der Waals surface area contributed by atoms with Gasteiger partial charge in [0.2, 0.25) is 5.91 Å². The number of aliphatic carboxylic acids is 1. The van der Waals surface area contributed by atoms with Crippen molar-refractivity contribution in [2.24, 2.45) is 0 Å². The highest BCUT2D eigenvalue weighted by Crippen LogP contribution is 2.21. The summed E-state index contributed by atoms with van der Waals surface area (Å²) in [5.74, 6) is -1.81. The summed E-state index contributed by atoms with van der Waals surface area (Å²) in [6.45, 7) is 7.10. The van der Waals surface area contributed by atoms with Gasteiger partial charge in [-0.3, -0.25) is 14.4 Å². The van der Waals surface area contributed by atoms with E-state index in [2.05, 4.69) is 15.3 Å². The molecule has 3 rings (SSSR count). The lowest BCUT2D eigenvalue weighted by Crippen LogP contribution is -2.56. The fourth-order valence-corrected chi connectivity index (χ4v) is 4.14. The Morgan fingerprint density at radius 1 is 1.00 bits per heavy atom. The van der Waals surface area contributed by atoms with Gasteiger partial charge in [-0.2, -0.15) is 0 Å². The van der Waals surface area contributed by atoms with E-state index in [1.165, 1.54) is 15.9 Å². The maximum Gasteiger partial charge on any atom is 0.409 e. The van der Waals surface area contributed by atoms with Crippen LogP contribution in [0.15, 0.2) is 36.4 Å². The summed E-state index contributed by atoms with van der Waals surface area (Å²) < 4.78 is 10.7. The number of hydrogen-bond acceptors (Lipinski definition) is 8. The quantitative estimate of drug-likeness (QED) is 0.437. The van der Waals surface area contributed by atoms with Crippen molar-refractivity contribution in [2.45, 2.75) is 45.8 Å². The molecule has 1 fully saturated rings. The molecule has 1 aliphatic heterocycles. The lowest BCUT2D eigenvalue weighted by atomic mass is 10.1. The number of benzene rings is 1. The Balaban J connectivity index is 1.82. The zero-order chi connectivity index (χ0) is 28.4. The molecule has 1 aliphatic rings. The van der Waals surface area contributed by atoms with E-state index in [1.807, 2.05) is 44.2 Å². The summed E-state index contributed by atoms with van der Waals surface area (Å²) in [7, 11) is 0. The van der Waals surface area contributed by atoms with Gasteiger partial charge in [-0.1, -0.05) is 30.3 Å². The average Bonchev–Trinajstić information content (AvgIpc) is 2.95. The van der Waals surface area contributed by atoms with Gasteiger partial charge in [0.1, 0.15) is 11.7 Å². The van der Waals surface area contributed by atoms with E-state index in [9.17, 15) is 24.3 Å². The van der Waals surface area contributed by atoms with Crippen LogP contribution >= 0.6 is 0 Å². The molecular formula is C27H35N5O7. The van der Waals surface area contributed by atoms with E-state index < -0.39 is 36.0 Å². The molecule has 2 N–H and O–H groups in total. The molecule has 0 aliphatic carbocycles. The number of carboxylic acid groups (broad SMARTS) is 1. The second-order valence-corrected chi connectivity index (χ2v) is 8.93. The van der Waals surface area contributed by atoms with Gasteiger partial charge < -0.3 is 29.7 Å². The van der Waals surface area contributed by atoms with E-state index >= 15 is 0 Å². The highest BCUT2D eigenvalue weighted by molar-refractivity contribution is 5.96. The standard InChI is InChI=1S/C27H35N5O7/c1-4-38-18(3)21-17-22(29-24(28-21)19-9-7-6-8-10-19)25(35)30-20(11-12-23(33)34)26(36)31-13-15-32(16-14-31)27(37)39-5-2/h6-10,17-18,20H,4-5,11-16H2,1-3H3,(H,30,35)(H,33,34). The molecule has 0 saturated carbocycles. The first-order chi connectivity index (χ1) is 18.7. The summed E-state index contributed by atoms with van der Waals surface area (Å²) >= 11 is 0. The lowest BCUT2D eigenvalue weighted by molar-refractivity contribution is -0.138. The molecular weight excluding hydrogens is 506 g/mol. The summed E-state index contributed by atoms with van der Waals surface area (Å²) in [6, 6.07) is 9.58. The highest BCUT2D eigenvalue weighted by Gasteiger charge is 2.31. The molecule has 2 aromatic rings. The Labute approximate surface area is 227 Å². The molecule has 39 heavy (non-hydrogen) atoms. The minimum atomic E-state index is -1.09. The van der Waals surface area contributed by atoms with Gasteiger partial charge in [0.15, 0.2) is 5.82 Å². The topological polar surface area (TPSA) is 151 Å². The number of rotatable bonds is 11. The number of hydrogen-bond donors (Lipinski definition) is 2. The van der Waals surface area contributed by atoms with Crippen LogP contribution in [0.1, 0.15) is 55.9 Å². The normalized spacial score (nSPS) is 14.8. The van der Waals surface area contributed by atoms with Gasteiger partial charge in [-0.25, -0.2) is 14.8 Å². The second kappa shape index (κ2) is 14.2. The van der Waals surface area contributed by atoms with Gasteiger partial charge in [-0.05, 0) is 33.3 Å². The van der Waals surface area contributed by atoms with E-state index in [-0.39, 0.29) is 51.3 Å². The molecule has 1 saturated heterocycles. The van der Waals surface area contributed by atoms with Gasteiger partial charge in [0.05, 0.1) is 18.4 Å². The molecule has 12 nitrogen and oxygen atoms in total. The molecule has 3 amide bonds. The van der Waals surface area contributed by atoms with Gasteiger partial charge in [0.25, 0.3) is 5.91 Å². The van der Waals surface area contributed by atoms with Crippen LogP contribution in [-0.2, 0) is 19.1 Å². The Morgan fingerprint density at radius 2 is 1.67 bits per heavy atom. The van der Waals surface area contributed by atoms with E-state index in [1.54, 1.807) is 6.92 Å². The van der Waals surface area contributed by atoms with Crippen molar-refractivity contribution in [1.82, 2.24) is 25.1 Å². The van der Waals surface area contributed by atoms with E-state index in [0.717, 1.165) is 0 Å². The SMILES string of the molecule is CCOC(=O)N1CCN(C(=O)C(CCC(=O)O)NC(=O)c2cc(C(C)OCC)nc(-c3ccccc3)n2)CC1. The smallest absolute Gasteiger partial charge is 0.409 e. The number of nitrogens with one attached hydrogen (secondary N) is 1.